The molecular weight excluding hydrogens is 327 g/mol. The standard InChI is InChI=1S/C11H16O.C5H5.2ClH.Ti/c1-8-5-6-10(12)9(7-8)11(2,3)4;1-2-4-5-3-1;;;/h5-7,12H,1-4H3;1-5H;2*1H;/q;-1;;;+2/p-2. The second-order valence-corrected chi connectivity index (χ2v) is 7.88. The fraction of sp³-hybridized carbons (Fsp3) is 0.312. The maximum absolute atomic E-state index is 9.57. The fourth-order valence-corrected chi connectivity index (χ4v) is 1.57. The summed E-state index contributed by atoms with van der Waals surface area (Å²) in [6, 6.07) is 15.7. The van der Waals surface area contributed by atoms with E-state index in [9.17, 15) is 5.11 Å². The summed E-state index contributed by atoms with van der Waals surface area (Å²) < 4.78 is 0. The van der Waals surface area contributed by atoms with Crippen molar-refractivity contribution >= 4 is 18.6 Å². The van der Waals surface area contributed by atoms with Gasteiger partial charge in [0.25, 0.3) is 0 Å². The summed E-state index contributed by atoms with van der Waals surface area (Å²) in [5.41, 5.74) is 2.23. The van der Waals surface area contributed by atoms with Crippen LogP contribution in [-0.2, 0) is 22.4 Å². The molecule has 0 saturated heterocycles. The molecule has 0 fully saturated rings. The summed E-state index contributed by atoms with van der Waals surface area (Å²) in [7, 11) is 9.78. The first-order chi connectivity index (χ1) is 9.32. The average Bonchev–Trinajstić information content (AvgIpc) is 2.91. The molecule has 1 nitrogen and oxygen atoms in total. The summed E-state index contributed by atoms with van der Waals surface area (Å²) >= 11 is -0.556. The van der Waals surface area contributed by atoms with E-state index in [1.54, 1.807) is 6.07 Å². The number of rotatable bonds is 0. The number of halogens is 2. The third kappa shape index (κ3) is 8.76. The van der Waals surface area contributed by atoms with E-state index < -0.39 is 17.0 Å². The summed E-state index contributed by atoms with van der Waals surface area (Å²) in [5.74, 6) is 0.396. The molecule has 2 aromatic rings. The molecule has 1 N–H and O–H groups in total. The van der Waals surface area contributed by atoms with Crippen LogP contribution in [0.1, 0.15) is 31.9 Å². The summed E-state index contributed by atoms with van der Waals surface area (Å²) in [6.07, 6.45) is 0. The van der Waals surface area contributed by atoms with Crippen molar-refractivity contribution < 1.29 is 22.1 Å². The van der Waals surface area contributed by atoms with Crippen LogP contribution in [0.5, 0.6) is 5.75 Å². The van der Waals surface area contributed by atoms with Crippen LogP contribution in [0, 0.1) is 6.92 Å². The molecule has 0 atom stereocenters. The quantitative estimate of drug-likeness (QED) is 0.473. The predicted octanol–water partition coefficient (Wildman–Crippen LogP) is 5.78. The van der Waals surface area contributed by atoms with Crippen molar-refractivity contribution in [2.75, 3.05) is 0 Å². The van der Waals surface area contributed by atoms with E-state index in [2.05, 4.69) is 20.8 Å². The molecule has 110 valence electrons. The molecule has 0 amide bonds. The number of benzene rings is 1. The molecule has 0 radical (unpaired) electrons. The Morgan fingerprint density at radius 1 is 1.10 bits per heavy atom. The van der Waals surface area contributed by atoms with Gasteiger partial charge in [-0.3, -0.25) is 0 Å². The molecule has 0 unspecified atom stereocenters. The summed E-state index contributed by atoms with van der Waals surface area (Å²) in [4.78, 5) is 0. The maximum atomic E-state index is 9.57. The Bertz CT molecular complexity index is 445. The molecular formula is C16H21Cl2OTi-. The number of aromatic hydroxyl groups is 1. The molecule has 0 aromatic heterocycles. The van der Waals surface area contributed by atoms with Gasteiger partial charge in [0.05, 0.1) is 0 Å². The van der Waals surface area contributed by atoms with Crippen molar-refractivity contribution in [2.24, 2.45) is 0 Å². The van der Waals surface area contributed by atoms with Gasteiger partial charge < -0.3 is 5.11 Å². The molecule has 0 saturated carbocycles. The van der Waals surface area contributed by atoms with E-state index in [4.69, 9.17) is 18.6 Å². The van der Waals surface area contributed by atoms with Crippen molar-refractivity contribution in [2.45, 2.75) is 33.1 Å². The average molecular weight is 348 g/mol. The molecule has 0 aliphatic rings. The van der Waals surface area contributed by atoms with Gasteiger partial charge in [-0.15, -0.1) is 0 Å². The van der Waals surface area contributed by atoms with Gasteiger partial charge in [0.15, 0.2) is 0 Å². The SMILES string of the molecule is Cc1ccc(O)c(C(C)(C)C)c1.[Cl][Ti][Cl].c1cc[cH-]c1. The Morgan fingerprint density at radius 3 is 1.90 bits per heavy atom. The Labute approximate surface area is 139 Å². The van der Waals surface area contributed by atoms with Gasteiger partial charge in [0.2, 0.25) is 0 Å². The van der Waals surface area contributed by atoms with Crippen molar-refractivity contribution in [1.29, 1.82) is 0 Å². The second kappa shape index (κ2) is 10.4. The summed E-state index contributed by atoms with van der Waals surface area (Å²) in [6.45, 7) is 8.33. The first-order valence-corrected chi connectivity index (χ1v) is 10.6. The van der Waals surface area contributed by atoms with Crippen LogP contribution in [0.25, 0.3) is 0 Å². The van der Waals surface area contributed by atoms with Gasteiger partial charge in [-0.1, -0.05) is 38.5 Å². The van der Waals surface area contributed by atoms with E-state index >= 15 is 0 Å². The Balaban J connectivity index is 0.000000371. The van der Waals surface area contributed by atoms with Crippen LogP contribution < -0.4 is 0 Å². The topological polar surface area (TPSA) is 20.2 Å². The van der Waals surface area contributed by atoms with Crippen molar-refractivity contribution in [3.63, 3.8) is 0 Å². The third-order valence-electron chi connectivity index (χ3n) is 2.52. The fourth-order valence-electron chi connectivity index (χ4n) is 1.57. The number of phenolic OH excluding ortho intramolecular Hbond substituents is 1. The summed E-state index contributed by atoms with van der Waals surface area (Å²) in [5, 5.41) is 9.57. The van der Waals surface area contributed by atoms with E-state index in [0.29, 0.717) is 5.75 Å². The van der Waals surface area contributed by atoms with E-state index in [1.807, 2.05) is 49.4 Å². The van der Waals surface area contributed by atoms with Crippen LogP contribution in [0.2, 0.25) is 0 Å². The zero-order valence-corrected chi connectivity index (χ0v) is 15.4. The van der Waals surface area contributed by atoms with E-state index in [-0.39, 0.29) is 5.41 Å². The minimum Gasteiger partial charge on any atom is -0.214 e. The zero-order chi connectivity index (χ0) is 15.6. The Hall–Kier alpha value is -0.336. The van der Waals surface area contributed by atoms with Gasteiger partial charge in [0.1, 0.15) is 5.75 Å². The van der Waals surface area contributed by atoms with Gasteiger partial charge in [0, 0.05) is 0 Å². The zero-order valence-electron chi connectivity index (χ0n) is 12.3. The van der Waals surface area contributed by atoms with Crippen molar-refractivity contribution in [1.82, 2.24) is 0 Å². The maximum Gasteiger partial charge on any atom is -0.172 e. The van der Waals surface area contributed by atoms with Crippen LogP contribution in [-0.4, -0.2) is 5.11 Å². The predicted molar refractivity (Wildman–Crippen MR) is 85.3 cm³/mol. The third-order valence-corrected chi connectivity index (χ3v) is 2.52. The number of phenols is 1. The van der Waals surface area contributed by atoms with Crippen LogP contribution >= 0.6 is 18.6 Å². The smallest absolute Gasteiger partial charge is 0.172 e. The van der Waals surface area contributed by atoms with Gasteiger partial charge in [-0.25, -0.2) is 12.1 Å². The Kier molecular flexibility index (Phi) is 10.2. The van der Waals surface area contributed by atoms with Crippen molar-refractivity contribution in [3.8, 4) is 5.75 Å². The molecule has 0 aliphatic carbocycles. The van der Waals surface area contributed by atoms with Crippen LogP contribution in [0.4, 0.5) is 0 Å². The second-order valence-electron chi connectivity index (χ2n) is 5.30. The van der Waals surface area contributed by atoms with Crippen molar-refractivity contribution in [3.05, 3.63) is 59.7 Å². The Morgan fingerprint density at radius 2 is 1.60 bits per heavy atom. The molecule has 0 spiro atoms. The molecule has 0 aliphatic heterocycles. The number of aryl methyl sites for hydroxylation is 1. The van der Waals surface area contributed by atoms with Crippen LogP contribution in [0.15, 0.2) is 48.5 Å². The number of hydrogen-bond acceptors (Lipinski definition) is 1. The van der Waals surface area contributed by atoms with Crippen LogP contribution in [0.3, 0.4) is 0 Å². The van der Waals surface area contributed by atoms with E-state index in [0.717, 1.165) is 5.56 Å². The minimum atomic E-state index is -0.556. The molecule has 2 aromatic carbocycles. The van der Waals surface area contributed by atoms with E-state index in [1.165, 1.54) is 5.56 Å². The monoisotopic (exact) mass is 347 g/mol. The molecule has 0 heterocycles. The molecule has 0 bridgehead atoms. The molecule has 4 heteroatoms. The molecule has 20 heavy (non-hydrogen) atoms. The largest absolute Gasteiger partial charge is 0.214 e. The number of hydrogen-bond donors (Lipinski definition) is 1. The van der Waals surface area contributed by atoms with Gasteiger partial charge >= 0.3 is 35.6 Å². The first-order valence-electron chi connectivity index (χ1n) is 6.26. The van der Waals surface area contributed by atoms with Gasteiger partial charge in [-0.05, 0) is 24.0 Å². The molecule has 2 rings (SSSR count). The first kappa shape index (κ1) is 19.7. The normalized spacial score (nSPS) is 9.70. The van der Waals surface area contributed by atoms with Gasteiger partial charge in [-0.2, -0.15) is 18.2 Å². The minimum absolute atomic E-state index is 0.0239.